The van der Waals surface area contributed by atoms with Gasteiger partial charge in [-0.15, -0.1) is 5.10 Å². The van der Waals surface area contributed by atoms with E-state index in [0.717, 1.165) is 21.3 Å². The first kappa shape index (κ1) is 10.8. The first-order chi connectivity index (χ1) is 8.93. The molecule has 0 saturated carbocycles. The summed E-state index contributed by atoms with van der Waals surface area (Å²) in [6.45, 7) is 0. The molecule has 0 unspecified atom stereocenters. The molecule has 0 atom stereocenters. The molecule has 2 aromatic heterocycles. The number of aromatic nitrogens is 4. The molecule has 88 valence electrons. The van der Waals surface area contributed by atoms with Crippen molar-refractivity contribution in [3.8, 4) is 0 Å². The van der Waals surface area contributed by atoms with E-state index in [9.17, 15) is 0 Å². The Kier molecular flexibility index (Phi) is 2.93. The summed E-state index contributed by atoms with van der Waals surface area (Å²) in [5.74, 6) is 0. The van der Waals surface area contributed by atoms with Crippen molar-refractivity contribution >= 4 is 32.8 Å². The average Bonchev–Trinajstić information content (AvgIpc) is 3.08. The molecular weight excluding hydrogens is 248 g/mol. The summed E-state index contributed by atoms with van der Waals surface area (Å²) in [5, 5.41) is 11.2. The highest BCUT2D eigenvalue weighted by atomic mass is 32.1. The first-order valence-electron chi connectivity index (χ1n) is 5.28. The van der Waals surface area contributed by atoms with E-state index in [2.05, 4.69) is 24.5 Å². The van der Waals surface area contributed by atoms with Gasteiger partial charge in [-0.05, 0) is 46.1 Å². The summed E-state index contributed by atoms with van der Waals surface area (Å²) < 4.78 is 9.41. The smallest absolute Gasteiger partial charge is 0.135 e. The third-order valence-corrected chi connectivity index (χ3v) is 3.02. The van der Waals surface area contributed by atoms with Crippen LogP contribution in [0.15, 0.2) is 53.2 Å². The van der Waals surface area contributed by atoms with Gasteiger partial charge in [-0.1, -0.05) is 28.8 Å². The molecule has 6 heteroatoms. The van der Waals surface area contributed by atoms with Crippen LogP contribution in [0.4, 0.5) is 0 Å². The lowest BCUT2D eigenvalue weighted by molar-refractivity contribution is 0.315. The van der Waals surface area contributed by atoms with E-state index in [1.54, 1.807) is 0 Å². The monoisotopic (exact) mass is 256 g/mol. The quantitative estimate of drug-likeness (QED) is 0.484. The van der Waals surface area contributed by atoms with Gasteiger partial charge in [-0.2, -0.15) is 0 Å². The van der Waals surface area contributed by atoms with Gasteiger partial charge in [0.15, 0.2) is 0 Å². The Balaban J connectivity index is 0.000000111. The van der Waals surface area contributed by atoms with E-state index in [4.69, 9.17) is 0 Å². The molecule has 0 fully saturated rings. The Morgan fingerprint density at radius 2 is 1.39 bits per heavy atom. The molecule has 0 aliphatic rings. The van der Waals surface area contributed by atoms with Gasteiger partial charge in [0.1, 0.15) is 16.6 Å². The fourth-order valence-corrected chi connectivity index (χ4v) is 2.01. The summed E-state index contributed by atoms with van der Waals surface area (Å²) in [6.07, 6.45) is 0. The Labute approximate surface area is 106 Å². The lowest BCUT2D eigenvalue weighted by atomic mass is 10.3. The van der Waals surface area contributed by atoms with Crippen molar-refractivity contribution in [3.05, 3.63) is 48.5 Å². The highest BCUT2D eigenvalue weighted by Crippen LogP contribution is 2.12. The van der Waals surface area contributed by atoms with Gasteiger partial charge in [-0.3, -0.25) is 0 Å². The molecular formula is C12H8N4OS. The predicted molar refractivity (Wildman–Crippen MR) is 69.2 cm³/mol. The highest BCUT2D eigenvalue weighted by Gasteiger charge is 1.93. The lowest BCUT2D eigenvalue weighted by Crippen LogP contribution is -1.63. The molecule has 0 spiro atoms. The van der Waals surface area contributed by atoms with Crippen molar-refractivity contribution in [2.24, 2.45) is 0 Å². The number of rotatable bonds is 0. The third-order valence-electron chi connectivity index (χ3n) is 2.31. The second-order valence-electron chi connectivity index (χ2n) is 3.49. The predicted octanol–water partition coefficient (Wildman–Crippen LogP) is 2.91. The number of benzene rings is 2. The summed E-state index contributed by atoms with van der Waals surface area (Å²) in [6, 6.07) is 15.4. The fourth-order valence-electron chi connectivity index (χ4n) is 1.45. The maximum absolute atomic E-state index is 4.46. The highest BCUT2D eigenvalue weighted by molar-refractivity contribution is 7.12. The summed E-state index contributed by atoms with van der Waals surface area (Å²) in [5.41, 5.74) is 2.59. The van der Waals surface area contributed by atoms with Crippen LogP contribution in [0.5, 0.6) is 0 Å². The molecule has 0 radical (unpaired) electrons. The minimum Gasteiger partial charge on any atom is -0.243 e. The average molecular weight is 256 g/mol. The zero-order valence-electron chi connectivity index (χ0n) is 9.22. The van der Waals surface area contributed by atoms with Crippen molar-refractivity contribution in [2.45, 2.75) is 0 Å². The van der Waals surface area contributed by atoms with Crippen molar-refractivity contribution in [2.75, 3.05) is 0 Å². The van der Waals surface area contributed by atoms with Crippen LogP contribution in [0, 0.1) is 0 Å². The third kappa shape index (κ3) is 2.18. The fraction of sp³-hybridized carbons (Fsp3) is 0. The number of hydrogen-bond acceptors (Lipinski definition) is 6. The van der Waals surface area contributed by atoms with E-state index in [1.807, 2.05) is 48.5 Å². The minimum atomic E-state index is 0.803. The minimum absolute atomic E-state index is 0.803. The van der Waals surface area contributed by atoms with E-state index in [0.29, 0.717) is 0 Å². The van der Waals surface area contributed by atoms with E-state index >= 15 is 0 Å². The van der Waals surface area contributed by atoms with Crippen LogP contribution in [0.25, 0.3) is 21.3 Å². The lowest BCUT2D eigenvalue weighted by Gasteiger charge is -1.78. The van der Waals surface area contributed by atoms with Crippen LogP contribution in [0.3, 0.4) is 0 Å². The molecule has 0 bridgehead atoms. The van der Waals surface area contributed by atoms with Crippen molar-refractivity contribution in [1.29, 1.82) is 0 Å². The van der Waals surface area contributed by atoms with Crippen LogP contribution in [-0.2, 0) is 0 Å². The van der Waals surface area contributed by atoms with Gasteiger partial charge in [0.2, 0.25) is 0 Å². The zero-order valence-corrected chi connectivity index (χ0v) is 10.0. The largest absolute Gasteiger partial charge is 0.243 e. The molecule has 0 aliphatic heterocycles. The van der Waals surface area contributed by atoms with Crippen LogP contribution < -0.4 is 0 Å². The number of hydrogen-bond donors (Lipinski definition) is 0. The maximum Gasteiger partial charge on any atom is 0.135 e. The first-order valence-corrected chi connectivity index (χ1v) is 6.05. The molecule has 4 aromatic rings. The van der Waals surface area contributed by atoms with Crippen LogP contribution in [0.1, 0.15) is 0 Å². The molecule has 0 aliphatic carbocycles. The van der Waals surface area contributed by atoms with Crippen LogP contribution >= 0.6 is 11.5 Å². The second-order valence-corrected chi connectivity index (χ2v) is 4.28. The van der Waals surface area contributed by atoms with E-state index in [1.165, 1.54) is 11.5 Å². The number of fused-ring (bicyclic) bond motifs is 2. The van der Waals surface area contributed by atoms with Gasteiger partial charge in [0.25, 0.3) is 0 Å². The van der Waals surface area contributed by atoms with E-state index < -0.39 is 0 Å². The summed E-state index contributed by atoms with van der Waals surface area (Å²) in [4.78, 5) is 0. The summed E-state index contributed by atoms with van der Waals surface area (Å²) in [7, 11) is 0. The van der Waals surface area contributed by atoms with Crippen LogP contribution in [0.2, 0.25) is 0 Å². The second kappa shape index (κ2) is 4.89. The van der Waals surface area contributed by atoms with Gasteiger partial charge in [0, 0.05) is 0 Å². The maximum atomic E-state index is 4.46. The molecule has 0 amide bonds. The molecule has 2 heterocycles. The molecule has 0 N–H and O–H groups in total. The molecule has 0 saturated heterocycles. The van der Waals surface area contributed by atoms with Gasteiger partial charge >= 0.3 is 0 Å². The van der Waals surface area contributed by atoms with Gasteiger partial charge < -0.3 is 0 Å². The standard InChI is InChI=1S/C6H4N2O.C6H4N2S/c1-2-4-6-5(3-1)7-9-8-6;1-2-4-6-5(3-1)7-8-9-6/h2*1-4H. The van der Waals surface area contributed by atoms with Gasteiger partial charge in [0.05, 0.1) is 4.70 Å². The molecule has 5 nitrogen and oxygen atoms in total. The van der Waals surface area contributed by atoms with Crippen LogP contribution in [-0.4, -0.2) is 19.9 Å². The normalized spacial score (nSPS) is 10.2. The Bertz CT molecular complexity index is 638. The van der Waals surface area contributed by atoms with Crippen molar-refractivity contribution in [3.63, 3.8) is 0 Å². The topological polar surface area (TPSA) is 64.7 Å². The zero-order chi connectivity index (χ0) is 12.2. The number of nitrogens with zero attached hydrogens (tertiary/aromatic N) is 4. The Morgan fingerprint density at radius 1 is 0.778 bits per heavy atom. The Hall–Kier alpha value is -2.34. The Morgan fingerprint density at radius 3 is 2.06 bits per heavy atom. The SMILES string of the molecule is c1ccc2nonc2c1.c1ccc2snnc2c1. The summed E-state index contributed by atoms with van der Waals surface area (Å²) >= 11 is 1.43. The van der Waals surface area contributed by atoms with Gasteiger partial charge in [-0.25, -0.2) is 4.63 Å². The molecule has 4 rings (SSSR count). The van der Waals surface area contributed by atoms with E-state index in [-0.39, 0.29) is 0 Å². The molecule has 2 aromatic carbocycles. The van der Waals surface area contributed by atoms with Crippen molar-refractivity contribution in [1.82, 2.24) is 19.9 Å². The van der Waals surface area contributed by atoms with Crippen molar-refractivity contribution < 1.29 is 4.63 Å². The molecule has 18 heavy (non-hydrogen) atoms.